The Morgan fingerprint density at radius 1 is 0.867 bits per heavy atom. The minimum absolute atomic E-state index is 0.111. The molecule has 3 heterocycles. The first-order chi connectivity index (χ1) is 14.6. The number of morpholine rings is 1. The van der Waals surface area contributed by atoms with Gasteiger partial charge in [-0.05, 0) is 25.1 Å². The molecular formula is C23H20N2O5. The van der Waals surface area contributed by atoms with E-state index >= 15 is 0 Å². The minimum Gasteiger partial charge on any atom is -0.451 e. The van der Waals surface area contributed by atoms with Crippen LogP contribution in [0.1, 0.15) is 26.7 Å². The zero-order chi connectivity index (χ0) is 20.7. The fourth-order valence-electron chi connectivity index (χ4n) is 3.79. The van der Waals surface area contributed by atoms with Crippen molar-refractivity contribution in [3.8, 4) is 0 Å². The van der Waals surface area contributed by atoms with Gasteiger partial charge in [-0.15, -0.1) is 0 Å². The van der Waals surface area contributed by atoms with Gasteiger partial charge < -0.3 is 23.8 Å². The predicted molar refractivity (Wildman–Crippen MR) is 112 cm³/mol. The molecule has 4 aromatic rings. The van der Waals surface area contributed by atoms with E-state index in [9.17, 15) is 9.59 Å². The number of hydrogen-bond donors (Lipinski definition) is 1. The van der Waals surface area contributed by atoms with Crippen molar-refractivity contribution in [3.05, 3.63) is 65.6 Å². The Morgan fingerprint density at radius 3 is 2.17 bits per heavy atom. The number of aryl methyl sites for hydroxylation is 1. The lowest BCUT2D eigenvalue weighted by molar-refractivity contribution is 0.0285. The molecule has 0 saturated carbocycles. The number of hydrogen-bond acceptors (Lipinski definition) is 5. The van der Waals surface area contributed by atoms with Gasteiger partial charge >= 0.3 is 0 Å². The van der Waals surface area contributed by atoms with Crippen LogP contribution < -0.4 is 5.32 Å². The molecule has 1 saturated heterocycles. The highest BCUT2D eigenvalue weighted by Gasteiger charge is 2.29. The van der Waals surface area contributed by atoms with Crippen LogP contribution in [0.4, 0.5) is 5.69 Å². The normalized spacial score (nSPS) is 14.4. The fraction of sp³-hybridized carbons (Fsp3) is 0.217. The summed E-state index contributed by atoms with van der Waals surface area (Å²) in [6.07, 6.45) is 0. The summed E-state index contributed by atoms with van der Waals surface area (Å²) >= 11 is 0. The van der Waals surface area contributed by atoms with E-state index in [0.717, 1.165) is 10.9 Å². The number of carbonyl (C=O) groups excluding carboxylic acids is 2. The van der Waals surface area contributed by atoms with Crippen LogP contribution in [0.5, 0.6) is 0 Å². The number of benzene rings is 2. The lowest BCUT2D eigenvalue weighted by Gasteiger charge is -2.26. The summed E-state index contributed by atoms with van der Waals surface area (Å²) in [4.78, 5) is 27.9. The Hall–Kier alpha value is -3.58. The van der Waals surface area contributed by atoms with E-state index in [-0.39, 0.29) is 17.4 Å². The second-order valence-corrected chi connectivity index (χ2v) is 7.21. The molecule has 0 atom stereocenters. The average Bonchev–Trinajstić information content (AvgIpc) is 3.32. The highest BCUT2D eigenvalue weighted by Crippen LogP contribution is 2.33. The molecule has 0 bridgehead atoms. The number of amides is 2. The molecule has 0 unspecified atom stereocenters. The van der Waals surface area contributed by atoms with Gasteiger partial charge in [0.2, 0.25) is 5.76 Å². The number of fused-ring (bicyclic) bond motifs is 2. The van der Waals surface area contributed by atoms with E-state index < -0.39 is 5.91 Å². The van der Waals surface area contributed by atoms with Gasteiger partial charge in [-0.25, -0.2) is 0 Å². The topological polar surface area (TPSA) is 84.9 Å². The molecule has 1 fully saturated rings. The molecule has 2 aromatic heterocycles. The van der Waals surface area contributed by atoms with Gasteiger partial charge in [0.15, 0.2) is 5.76 Å². The van der Waals surface area contributed by atoms with Crippen LogP contribution in [0.25, 0.3) is 21.9 Å². The average molecular weight is 404 g/mol. The zero-order valence-corrected chi connectivity index (χ0v) is 16.4. The maximum atomic E-state index is 13.1. The van der Waals surface area contributed by atoms with Crippen LogP contribution in [0, 0.1) is 6.92 Å². The van der Waals surface area contributed by atoms with Crippen molar-refractivity contribution >= 4 is 39.4 Å². The Bertz CT molecular complexity index is 1260. The van der Waals surface area contributed by atoms with Gasteiger partial charge in [0.05, 0.1) is 13.2 Å². The fourth-order valence-corrected chi connectivity index (χ4v) is 3.79. The molecule has 2 aromatic carbocycles. The van der Waals surface area contributed by atoms with Crippen molar-refractivity contribution in [2.24, 2.45) is 0 Å². The second kappa shape index (κ2) is 7.35. The van der Waals surface area contributed by atoms with Crippen LogP contribution >= 0.6 is 0 Å². The molecule has 0 spiro atoms. The van der Waals surface area contributed by atoms with Crippen molar-refractivity contribution in [2.45, 2.75) is 6.92 Å². The summed E-state index contributed by atoms with van der Waals surface area (Å²) in [5.74, 6) is -0.371. The molecule has 0 aliphatic carbocycles. The SMILES string of the molecule is Cc1c(C(=O)Nc2c(C(=O)N3CCOCC3)oc3ccccc23)oc2ccccc12. The van der Waals surface area contributed by atoms with Crippen molar-refractivity contribution in [3.63, 3.8) is 0 Å². The lowest BCUT2D eigenvalue weighted by atomic mass is 10.1. The molecule has 1 aliphatic heterocycles. The second-order valence-electron chi connectivity index (χ2n) is 7.21. The zero-order valence-electron chi connectivity index (χ0n) is 16.4. The summed E-state index contributed by atoms with van der Waals surface area (Å²) in [5, 5.41) is 4.41. The highest BCUT2D eigenvalue weighted by molar-refractivity contribution is 6.15. The maximum Gasteiger partial charge on any atom is 0.291 e. The number of nitrogens with zero attached hydrogens (tertiary/aromatic N) is 1. The number of para-hydroxylation sites is 2. The largest absolute Gasteiger partial charge is 0.451 e. The van der Waals surface area contributed by atoms with E-state index in [1.54, 1.807) is 11.0 Å². The third-order valence-electron chi connectivity index (χ3n) is 5.38. The van der Waals surface area contributed by atoms with E-state index in [1.165, 1.54) is 0 Å². The Kier molecular flexibility index (Phi) is 4.52. The summed E-state index contributed by atoms with van der Waals surface area (Å²) < 4.78 is 17.0. The molecule has 7 nitrogen and oxygen atoms in total. The molecule has 2 amide bonds. The molecule has 152 valence electrons. The first-order valence-corrected chi connectivity index (χ1v) is 9.81. The predicted octanol–water partition coefficient (Wildman–Crippen LogP) is 4.21. The van der Waals surface area contributed by atoms with Crippen LogP contribution in [0.15, 0.2) is 57.4 Å². The highest BCUT2D eigenvalue weighted by atomic mass is 16.5. The van der Waals surface area contributed by atoms with E-state index in [2.05, 4.69) is 5.32 Å². The summed E-state index contributed by atoms with van der Waals surface area (Å²) in [6, 6.07) is 14.7. The monoisotopic (exact) mass is 404 g/mol. The van der Waals surface area contributed by atoms with Gasteiger partial charge in [-0.3, -0.25) is 9.59 Å². The number of carbonyl (C=O) groups is 2. The van der Waals surface area contributed by atoms with Crippen LogP contribution in [0.2, 0.25) is 0 Å². The number of ether oxygens (including phenoxy) is 1. The van der Waals surface area contributed by atoms with Crippen molar-refractivity contribution in [2.75, 3.05) is 31.6 Å². The number of rotatable bonds is 3. The first kappa shape index (κ1) is 18.4. The molecule has 1 N–H and O–H groups in total. The molecule has 30 heavy (non-hydrogen) atoms. The standard InChI is InChI=1S/C23H20N2O5/c1-14-15-6-2-4-8-17(15)29-20(14)22(26)24-19-16-7-3-5-9-18(16)30-21(19)23(27)25-10-12-28-13-11-25/h2-9H,10-13H2,1H3,(H,24,26). The van der Waals surface area contributed by atoms with E-state index in [4.69, 9.17) is 13.6 Å². The van der Waals surface area contributed by atoms with Crippen LogP contribution in [-0.2, 0) is 4.74 Å². The molecular weight excluding hydrogens is 384 g/mol. The molecule has 0 radical (unpaired) electrons. The molecule has 7 heteroatoms. The Labute approximate surface area is 172 Å². The quantitative estimate of drug-likeness (QED) is 0.553. The van der Waals surface area contributed by atoms with Crippen molar-refractivity contribution in [1.82, 2.24) is 4.90 Å². The van der Waals surface area contributed by atoms with Crippen molar-refractivity contribution in [1.29, 1.82) is 0 Å². The number of nitrogens with one attached hydrogen (secondary N) is 1. The summed E-state index contributed by atoms with van der Waals surface area (Å²) in [6.45, 7) is 3.75. The van der Waals surface area contributed by atoms with Gasteiger partial charge in [-0.2, -0.15) is 0 Å². The molecule has 1 aliphatic rings. The smallest absolute Gasteiger partial charge is 0.291 e. The molecule has 5 rings (SSSR count). The summed E-state index contributed by atoms with van der Waals surface area (Å²) in [5.41, 5.74) is 2.27. The van der Waals surface area contributed by atoms with E-state index in [1.807, 2.05) is 49.4 Å². The Balaban J connectivity index is 1.55. The van der Waals surface area contributed by atoms with E-state index in [0.29, 0.717) is 48.5 Å². The first-order valence-electron chi connectivity index (χ1n) is 9.81. The van der Waals surface area contributed by atoms with Crippen LogP contribution in [-0.4, -0.2) is 43.0 Å². The van der Waals surface area contributed by atoms with Crippen LogP contribution in [0.3, 0.4) is 0 Å². The lowest BCUT2D eigenvalue weighted by Crippen LogP contribution is -2.40. The third kappa shape index (κ3) is 3.04. The van der Waals surface area contributed by atoms with Gasteiger partial charge in [0, 0.05) is 29.4 Å². The maximum absolute atomic E-state index is 13.1. The third-order valence-corrected chi connectivity index (χ3v) is 5.38. The van der Waals surface area contributed by atoms with Gasteiger partial charge in [0.25, 0.3) is 11.8 Å². The summed E-state index contributed by atoms with van der Waals surface area (Å²) in [7, 11) is 0. The Morgan fingerprint density at radius 2 is 1.47 bits per heavy atom. The number of anilines is 1. The minimum atomic E-state index is -0.425. The van der Waals surface area contributed by atoms with Gasteiger partial charge in [0.1, 0.15) is 16.9 Å². The number of furan rings is 2. The van der Waals surface area contributed by atoms with Gasteiger partial charge in [-0.1, -0.05) is 30.3 Å². The van der Waals surface area contributed by atoms with Crippen molar-refractivity contribution < 1.29 is 23.2 Å².